The van der Waals surface area contributed by atoms with Gasteiger partial charge in [0, 0.05) is 37.9 Å². The molecule has 0 spiro atoms. The third-order valence-corrected chi connectivity index (χ3v) is 5.65. The SMILES string of the molecule is COCCN(CC1CCN(Cc2ccccc2OC)CC1)C(=O)c1ccccc1. The van der Waals surface area contributed by atoms with Crippen LogP contribution in [0.15, 0.2) is 54.6 Å². The second kappa shape index (κ2) is 11.0. The lowest BCUT2D eigenvalue weighted by atomic mass is 9.95. The minimum atomic E-state index is 0.0964. The van der Waals surface area contributed by atoms with Crippen LogP contribution in [-0.4, -0.2) is 62.7 Å². The summed E-state index contributed by atoms with van der Waals surface area (Å²) in [6, 6.07) is 17.8. The number of hydrogen-bond donors (Lipinski definition) is 0. The molecular formula is C24H32N2O3. The predicted molar refractivity (Wildman–Crippen MR) is 115 cm³/mol. The van der Waals surface area contributed by atoms with Gasteiger partial charge in [-0.05, 0) is 50.0 Å². The van der Waals surface area contributed by atoms with Gasteiger partial charge in [-0.1, -0.05) is 36.4 Å². The first kappa shape index (κ1) is 21.3. The van der Waals surface area contributed by atoms with Gasteiger partial charge in [0.2, 0.25) is 0 Å². The van der Waals surface area contributed by atoms with Gasteiger partial charge in [0.05, 0.1) is 13.7 Å². The summed E-state index contributed by atoms with van der Waals surface area (Å²) < 4.78 is 10.7. The lowest BCUT2D eigenvalue weighted by Gasteiger charge is -2.35. The molecule has 156 valence electrons. The summed E-state index contributed by atoms with van der Waals surface area (Å²) in [6.45, 7) is 4.98. The predicted octanol–water partition coefficient (Wildman–Crippen LogP) is 3.70. The maximum absolute atomic E-state index is 12.9. The minimum Gasteiger partial charge on any atom is -0.496 e. The molecule has 0 aromatic heterocycles. The Kier molecular flexibility index (Phi) is 8.08. The van der Waals surface area contributed by atoms with E-state index in [2.05, 4.69) is 17.0 Å². The number of benzene rings is 2. The Morgan fingerprint density at radius 2 is 1.72 bits per heavy atom. The molecule has 5 heteroatoms. The zero-order chi connectivity index (χ0) is 20.5. The summed E-state index contributed by atoms with van der Waals surface area (Å²) >= 11 is 0. The molecule has 29 heavy (non-hydrogen) atoms. The maximum atomic E-state index is 12.9. The highest BCUT2D eigenvalue weighted by Crippen LogP contribution is 2.24. The third kappa shape index (κ3) is 6.05. The number of rotatable bonds is 9. The van der Waals surface area contributed by atoms with Crippen LogP contribution in [0.2, 0.25) is 0 Å². The van der Waals surface area contributed by atoms with Crippen molar-refractivity contribution in [2.24, 2.45) is 5.92 Å². The van der Waals surface area contributed by atoms with Crippen molar-refractivity contribution in [3.8, 4) is 5.75 Å². The summed E-state index contributed by atoms with van der Waals surface area (Å²) in [5.74, 6) is 1.57. The van der Waals surface area contributed by atoms with Crippen molar-refractivity contribution in [2.45, 2.75) is 19.4 Å². The monoisotopic (exact) mass is 396 g/mol. The fourth-order valence-electron chi connectivity index (χ4n) is 3.95. The minimum absolute atomic E-state index is 0.0964. The van der Waals surface area contributed by atoms with Gasteiger partial charge in [-0.2, -0.15) is 0 Å². The molecule has 1 aliphatic rings. The molecule has 1 heterocycles. The highest BCUT2D eigenvalue weighted by Gasteiger charge is 2.24. The fourth-order valence-corrected chi connectivity index (χ4v) is 3.95. The van der Waals surface area contributed by atoms with Gasteiger partial charge in [0.25, 0.3) is 5.91 Å². The molecular weight excluding hydrogens is 364 g/mol. The number of piperidine rings is 1. The Hall–Kier alpha value is -2.37. The number of amides is 1. The fraction of sp³-hybridized carbons (Fsp3) is 0.458. The van der Waals surface area contributed by atoms with Crippen LogP contribution in [0.1, 0.15) is 28.8 Å². The van der Waals surface area contributed by atoms with E-state index in [4.69, 9.17) is 9.47 Å². The number of likely N-dealkylation sites (tertiary alicyclic amines) is 1. The van der Waals surface area contributed by atoms with Crippen molar-refractivity contribution in [3.63, 3.8) is 0 Å². The van der Waals surface area contributed by atoms with Gasteiger partial charge < -0.3 is 14.4 Å². The lowest BCUT2D eigenvalue weighted by Crippen LogP contribution is -2.42. The molecule has 0 aliphatic carbocycles. The number of ether oxygens (including phenoxy) is 2. The van der Waals surface area contributed by atoms with Crippen molar-refractivity contribution >= 4 is 5.91 Å². The number of carbonyl (C=O) groups excluding carboxylic acids is 1. The lowest BCUT2D eigenvalue weighted by molar-refractivity contribution is 0.0617. The van der Waals surface area contributed by atoms with E-state index >= 15 is 0 Å². The van der Waals surface area contributed by atoms with E-state index in [-0.39, 0.29) is 5.91 Å². The van der Waals surface area contributed by atoms with Crippen LogP contribution in [0.5, 0.6) is 5.75 Å². The number of carbonyl (C=O) groups is 1. The van der Waals surface area contributed by atoms with E-state index in [0.29, 0.717) is 19.1 Å². The van der Waals surface area contributed by atoms with E-state index in [1.165, 1.54) is 5.56 Å². The average molecular weight is 397 g/mol. The topological polar surface area (TPSA) is 42.0 Å². The van der Waals surface area contributed by atoms with Crippen LogP contribution in [-0.2, 0) is 11.3 Å². The molecule has 5 nitrogen and oxygen atoms in total. The molecule has 1 saturated heterocycles. The van der Waals surface area contributed by atoms with Crippen molar-refractivity contribution in [3.05, 3.63) is 65.7 Å². The molecule has 1 fully saturated rings. The quantitative estimate of drug-likeness (QED) is 0.648. The van der Waals surface area contributed by atoms with Gasteiger partial charge in [-0.15, -0.1) is 0 Å². The molecule has 0 radical (unpaired) electrons. The van der Waals surface area contributed by atoms with Gasteiger partial charge >= 0.3 is 0 Å². The molecule has 1 amide bonds. The smallest absolute Gasteiger partial charge is 0.253 e. The molecule has 0 N–H and O–H groups in total. The average Bonchev–Trinajstić information content (AvgIpc) is 2.78. The maximum Gasteiger partial charge on any atom is 0.253 e. The van der Waals surface area contributed by atoms with Crippen LogP contribution in [0.3, 0.4) is 0 Å². The summed E-state index contributed by atoms with van der Waals surface area (Å²) in [5.41, 5.74) is 1.98. The third-order valence-electron chi connectivity index (χ3n) is 5.65. The van der Waals surface area contributed by atoms with Crippen LogP contribution in [0.25, 0.3) is 0 Å². The van der Waals surface area contributed by atoms with Crippen LogP contribution in [0, 0.1) is 5.92 Å². The summed E-state index contributed by atoms with van der Waals surface area (Å²) in [4.78, 5) is 17.4. The summed E-state index contributed by atoms with van der Waals surface area (Å²) in [6.07, 6.45) is 2.20. The van der Waals surface area contributed by atoms with Crippen LogP contribution < -0.4 is 4.74 Å². The van der Waals surface area contributed by atoms with Crippen LogP contribution in [0.4, 0.5) is 0 Å². The molecule has 0 saturated carbocycles. The van der Waals surface area contributed by atoms with Gasteiger partial charge in [-0.25, -0.2) is 0 Å². The van der Waals surface area contributed by atoms with E-state index < -0.39 is 0 Å². The standard InChI is InChI=1S/C24H32N2O3/c1-28-17-16-26(24(27)21-8-4-3-5-9-21)18-20-12-14-25(15-13-20)19-22-10-6-7-11-23(22)29-2/h3-11,20H,12-19H2,1-2H3. The Morgan fingerprint density at radius 3 is 2.41 bits per heavy atom. The first-order valence-corrected chi connectivity index (χ1v) is 10.4. The second-order valence-corrected chi connectivity index (χ2v) is 7.64. The molecule has 0 atom stereocenters. The van der Waals surface area contributed by atoms with Crippen molar-refractivity contribution in [1.82, 2.24) is 9.80 Å². The molecule has 2 aromatic rings. The zero-order valence-corrected chi connectivity index (χ0v) is 17.5. The van der Waals surface area contributed by atoms with E-state index in [1.807, 2.05) is 47.4 Å². The van der Waals surface area contributed by atoms with Crippen molar-refractivity contribution < 1.29 is 14.3 Å². The van der Waals surface area contributed by atoms with Crippen molar-refractivity contribution in [2.75, 3.05) is 47.0 Å². The normalized spacial score (nSPS) is 15.2. The zero-order valence-electron chi connectivity index (χ0n) is 17.5. The Balaban J connectivity index is 1.55. The Bertz CT molecular complexity index is 758. The van der Waals surface area contributed by atoms with Crippen molar-refractivity contribution in [1.29, 1.82) is 0 Å². The summed E-state index contributed by atoms with van der Waals surface area (Å²) in [7, 11) is 3.41. The van der Waals surface area contributed by atoms with E-state index in [1.54, 1.807) is 14.2 Å². The highest BCUT2D eigenvalue weighted by atomic mass is 16.5. The highest BCUT2D eigenvalue weighted by molar-refractivity contribution is 5.94. The largest absolute Gasteiger partial charge is 0.496 e. The number of para-hydroxylation sites is 1. The first-order valence-electron chi connectivity index (χ1n) is 10.4. The van der Waals surface area contributed by atoms with E-state index in [0.717, 1.165) is 50.3 Å². The van der Waals surface area contributed by atoms with Crippen LogP contribution >= 0.6 is 0 Å². The van der Waals surface area contributed by atoms with Gasteiger partial charge in [0.1, 0.15) is 5.75 Å². The molecule has 1 aliphatic heterocycles. The Labute approximate surface area is 174 Å². The molecule has 3 rings (SSSR count). The Morgan fingerprint density at radius 1 is 1.03 bits per heavy atom. The second-order valence-electron chi connectivity index (χ2n) is 7.64. The van der Waals surface area contributed by atoms with Gasteiger partial charge in [-0.3, -0.25) is 9.69 Å². The molecule has 0 unspecified atom stereocenters. The molecule has 2 aromatic carbocycles. The van der Waals surface area contributed by atoms with Gasteiger partial charge in [0.15, 0.2) is 0 Å². The van der Waals surface area contributed by atoms with E-state index in [9.17, 15) is 4.79 Å². The molecule has 0 bridgehead atoms. The summed E-state index contributed by atoms with van der Waals surface area (Å²) in [5, 5.41) is 0. The first-order chi connectivity index (χ1) is 14.2. The number of nitrogens with zero attached hydrogens (tertiary/aromatic N) is 2. The number of hydrogen-bond acceptors (Lipinski definition) is 4. The number of methoxy groups -OCH3 is 2.